The first kappa shape index (κ1) is 60.8. The van der Waals surface area contributed by atoms with Crippen LogP contribution in [0.5, 0.6) is 0 Å². The van der Waals surface area contributed by atoms with Crippen LogP contribution in [0.4, 0.5) is 11.4 Å². The van der Waals surface area contributed by atoms with Gasteiger partial charge in [-0.25, -0.2) is 0 Å². The monoisotopic (exact) mass is 1340 g/mol. The molecular formula is C38H50Br6N6O17. The molecule has 0 spiro atoms. The maximum atomic E-state index is 14.1. The minimum absolute atomic E-state index is 0.127. The Balaban J connectivity index is 2.72. The smallest absolute Gasteiger partial charge is 0.256 e. The number of amides is 6. The molecule has 0 aliphatic heterocycles. The number of aliphatic hydroxyl groups excluding tert-OH is 10. The normalized spacial score (nSPS) is 13.0. The molecule has 29 heteroatoms. The van der Waals surface area contributed by atoms with Crippen molar-refractivity contribution < 1.29 is 84.6 Å². The molecule has 2 aromatic carbocycles. The molecule has 23 nitrogen and oxygen atoms in total. The Labute approximate surface area is 433 Å². The number of hydrogen-bond donors (Lipinski definition) is 12. The summed E-state index contributed by atoms with van der Waals surface area (Å²) < 4.78 is 4.76. The van der Waals surface area contributed by atoms with Gasteiger partial charge in [0, 0.05) is 62.3 Å². The highest BCUT2D eigenvalue weighted by molar-refractivity contribution is 9.12. The van der Waals surface area contributed by atoms with Crippen molar-refractivity contribution in [3.05, 3.63) is 49.1 Å². The fraction of sp³-hybridized carbons (Fsp3) is 0.526. The number of anilines is 2. The van der Waals surface area contributed by atoms with E-state index in [0.29, 0.717) is 0 Å². The summed E-state index contributed by atoms with van der Waals surface area (Å²) in [4.78, 5) is 87.0. The Morgan fingerprint density at radius 3 is 1.07 bits per heavy atom. The molecule has 12 N–H and O–H groups in total. The lowest BCUT2D eigenvalue weighted by molar-refractivity contribution is -0.128. The van der Waals surface area contributed by atoms with Crippen LogP contribution in [-0.2, 0) is 14.3 Å². The first-order valence-electron chi connectivity index (χ1n) is 19.5. The third-order valence-electron chi connectivity index (χ3n) is 9.21. The van der Waals surface area contributed by atoms with E-state index in [1.165, 1.54) is 14.1 Å². The second kappa shape index (κ2) is 29.1. The van der Waals surface area contributed by atoms with E-state index in [4.69, 9.17) is 4.74 Å². The second-order valence-electron chi connectivity index (χ2n) is 14.2. The lowest BCUT2D eigenvalue weighted by Crippen LogP contribution is -2.41. The van der Waals surface area contributed by atoms with Crippen molar-refractivity contribution in [1.82, 2.24) is 20.4 Å². The summed E-state index contributed by atoms with van der Waals surface area (Å²) in [5, 5.41) is 102. The van der Waals surface area contributed by atoms with E-state index in [-0.39, 0.29) is 73.6 Å². The van der Waals surface area contributed by atoms with Gasteiger partial charge in [0.05, 0.1) is 116 Å². The maximum absolute atomic E-state index is 14.1. The number of aliphatic hydroxyl groups is 10. The quantitative estimate of drug-likeness (QED) is 0.0518. The minimum atomic E-state index is -1.38. The molecule has 2 rings (SSSR count). The van der Waals surface area contributed by atoms with Gasteiger partial charge >= 0.3 is 0 Å². The highest BCUT2D eigenvalue weighted by Crippen LogP contribution is 2.46. The largest absolute Gasteiger partial charge is 0.395 e. The van der Waals surface area contributed by atoms with E-state index in [9.17, 15) is 79.8 Å². The van der Waals surface area contributed by atoms with Crippen LogP contribution < -0.4 is 20.4 Å². The fourth-order valence-corrected chi connectivity index (χ4v) is 12.1. The number of nitrogens with one attached hydrogen (secondary N) is 2. The molecule has 4 atom stereocenters. The van der Waals surface area contributed by atoms with Gasteiger partial charge in [0.1, 0.15) is 13.2 Å². The van der Waals surface area contributed by atoms with Gasteiger partial charge in [-0.15, -0.1) is 0 Å². The molecule has 6 amide bonds. The first-order chi connectivity index (χ1) is 31.5. The molecule has 376 valence electrons. The number of ether oxygens (including phenoxy) is 1. The lowest BCUT2D eigenvalue weighted by Gasteiger charge is -2.30. The molecule has 4 unspecified atom stereocenters. The molecule has 0 saturated heterocycles. The van der Waals surface area contributed by atoms with E-state index in [0.717, 1.165) is 19.6 Å². The fourth-order valence-electron chi connectivity index (χ4n) is 5.88. The van der Waals surface area contributed by atoms with Crippen LogP contribution in [0.1, 0.15) is 41.4 Å². The molecule has 0 aliphatic carbocycles. The molecule has 0 bridgehead atoms. The summed E-state index contributed by atoms with van der Waals surface area (Å²) in [5.41, 5.74) is -1.57. The van der Waals surface area contributed by atoms with E-state index in [1.54, 1.807) is 0 Å². The number of likely N-dealkylation sites (N-methyl/N-ethyl adjacent to an activating group) is 2. The summed E-state index contributed by atoms with van der Waals surface area (Å²) in [5.74, 6) is -5.41. The molecule has 0 aliphatic rings. The molecule has 0 heterocycles. The predicted molar refractivity (Wildman–Crippen MR) is 260 cm³/mol. The van der Waals surface area contributed by atoms with Crippen LogP contribution in [-0.4, -0.2) is 227 Å². The van der Waals surface area contributed by atoms with Gasteiger partial charge in [-0.2, -0.15) is 0 Å². The molecule has 67 heavy (non-hydrogen) atoms. The molecular weight excluding hydrogens is 1290 g/mol. The number of carbonyl (C=O) groups excluding carboxylic acids is 6. The van der Waals surface area contributed by atoms with Crippen LogP contribution in [0.2, 0.25) is 0 Å². The minimum Gasteiger partial charge on any atom is -0.395 e. The molecule has 2 aromatic rings. The number of hydrogen-bond acceptors (Lipinski definition) is 17. The summed E-state index contributed by atoms with van der Waals surface area (Å²) in [7, 11) is 2.57. The van der Waals surface area contributed by atoms with Gasteiger partial charge in [-0.3, -0.25) is 28.8 Å². The standard InChI is InChI=1S/C38H50Br6N6O17/c1-47(9-19(59)13-55)37(65)25-27(39)23(35(63)45-7-17(57)11-53)29(41)33(31(25)43)49(3-5-51)21(61)15-67-16-22(62)50(4-6-52)34-30(42)24(36(64)46-8-18(58)12-54)28(40)26(32(34)44)38(66)48(2)10-20(60)14-56/h17-20,51-60H,3-16H2,1-2H3,(H,45,63)(H,46,64). The lowest BCUT2D eigenvalue weighted by atomic mass is 10.1. The van der Waals surface area contributed by atoms with Gasteiger partial charge in [0.2, 0.25) is 0 Å². The van der Waals surface area contributed by atoms with Crippen LogP contribution in [0.25, 0.3) is 0 Å². The Morgan fingerprint density at radius 2 is 0.791 bits per heavy atom. The van der Waals surface area contributed by atoms with Gasteiger partial charge in [0.25, 0.3) is 35.4 Å². The Kier molecular flexibility index (Phi) is 26.5. The van der Waals surface area contributed by atoms with Crippen molar-refractivity contribution in [3.8, 4) is 0 Å². The summed E-state index contributed by atoms with van der Waals surface area (Å²) >= 11 is 19.9. The Bertz CT molecular complexity index is 1970. The average molecular weight is 1340 g/mol. The number of nitrogens with zero attached hydrogens (tertiary/aromatic N) is 4. The van der Waals surface area contributed by atoms with E-state index < -0.39 is 139 Å². The topological polar surface area (TPSA) is 351 Å². The molecule has 0 fully saturated rings. The van der Waals surface area contributed by atoms with E-state index in [2.05, 4.69) is 106 Å². The molecule has 0 saturated carbocycles. The van der Waals surface area contributed by atoms with Gasteiger partial charge < -0.3 is 86.0 Å². The first-order valence-corrected chi connectivity index (χ1v) is 24.3. The van der Waals surface area contributed by atoms with Crippen molar-refractivity contribution in [1.29, 1.82) is 0 Å². The summed E-state index contributed by atoms with van der Waals surface area (Å²) in [6, 6.07) is 0. The van der Waals surface area contributed by atoms with Crippen molar-refractivity contribution >= 4 is 142 Å². The third-order valence-corrected chi connectivity index (χ3v) is 13.9. The van der Waals surface area contributed by atoms with Crippen LogP contribution in [0, 0.1) is 0 Å². The van der Waals surface area contributed by atoms with E-state index >= 15 is 0 Å². The maximum Gasteiger partial charge on any atom is 0.256 e. The molecule has 0 aromatic heterocycles. The Morgan fingerprint density at radius 1 is 0.493 bits per heavy atom. The zero-order chi connectivity index (χ0) is 51.0. The van der Waals surface area contributed by atoms with Crippen molar-refractivity contribution in [2.75, 3.05) is 116 Å². The SMILES string of the molecule is CN(CC(O)CO)C(=O)c1c(Br)c(C(=O)NCC(O)CO)c(Br)c(N(CCO)C(=O)COCC(=O)N(CCO)c2c(Br)c(C(=O)NCC(O)CO)c(Br)c(C(=O)N(C)CC(O)CO)c2Br)c1Br. The van der Waals surface area contributed by atoms with E-state index in [1.807, 2.05) is 0 Å². The van der Waals surface area contributed by atoms with Crippen LogP contribution >= 0.6 is 95.6 Å². The zero-order valence-corrected chi connectivity index (χ0v) is 45.1. The highest BCUT2D eigenvalue weighted by Gasteiger charge is 2.36. The number of benzene rings is 2. The number of halogens is 6. The summed E-state index contributed by atoms with van der Waals surface area (Å²) in [6.45, 7) is -8.70. The predicted octanol–water partition coefficient (Wildman–Crippen LogP) is -1.35. The van der Waals surface area contributed by atoms with Gasteiger partial charge in [-0.1, -0.05) is 0 Å². The summed E-state index contributed by atoms with van der Waals surface area (Å²) in [6.07, 6.45) is -5.48. The van der Waals surface area contributed by atoms with Crippen molar-refractivity contribution in [2.24, 2.45) is 0 Å². The second-order valence-corrected chi connectivity index (χ2v) is 19.0. The van der Waals surface area contributed by atoms with Crippen LogP contribution in [0.15, 0.2) is 26.8 Å². The Hall–Kier alpha value is -2.30. The number of carbonyl (C=O) groups is 6. The third kappa shape index (κ3) is 15.8. The van der Waals surface area contributed by atoms with Crippen molar-refractivity contribution in [3.63, 3.8) is 0 Å². The zero-order valence-electron chi connectivity index (χ0n) is 35.6. The van der Waals surface area contributed by atoms with Crippen LogP contribution in [0.3, 0.4) is 0 Å². The van der Waals surface area contributed by atoms with Gasteiger partial charge in [-0.05, 0) is 95.6 Å². The van der Waals surface area contributed by atoms with Gasteiger partial charge in [0.15, 0.2) is 0 Å². The molecule has 0 radical (unpaired) electrons. The number of rotatable bonds is 26. The highest BCUT2D eigenvalue weighted by atomic mass is 79.9. The van der Waals surface area contributed by atoms with Crippen molar-refractivity contribution in [2.45, 2.75) is 24.4 Å². The average Bonchev–Trinajstić information content (AvgIpc) is 3.28.